The Morgan fingerprint density at radius 1 is 1.13 bits per heavy atom. The van der Waals surface area contributed by atoms with Crippen LogP contribution in [0.3, 0.4) is 0 Å². The number of hydrogen-bond acceptors (Lipinski definition) is 6. The van der Waals surface area contributed by atoms with Gasteiger partial charge < -0.3 is 24.6 Å². The number of β-amino-alcohol motifs (C(OH)–C–C–N with tert-alkyl or cyclic N) is 1. The van der Waals surface area contributed by atoms with Gasteiger partial charge in [-0.05, 0) is 42.8 Å². The molecular weight excluding hydrogens is 474 g/mol. The number of aromatic amines is 1. The smallest absolute Gasteiger partial charge is 0.101 e. The molecule has 1 aromatic heterocycles. The predicted molar refractivity (Wildman–Crippen MR) is 155 cm³/mol. The van der Waals surface area contributed by atoms with E-state index < -0.39 is 0 Å². The number of ether oxygens (including phenoxy) is 1. The molecule has 7 heteroatoms. The van der Waals surface area contributed by atoms with Crippen molar-refractivity contribution in [1.29, 1.82) is 5.26 Å². The largest absolute Gasteiger partial charge is 0.389 e. The van der Waals surface area contributed by atoms with Gasteiger partial charge in [-0.25, -0.2) is 0 Å². The summed E-state index contributed by atoms with van der Waals surface area (Å²) in [5.74, 6) is 0. The number of nitrogens with one attached hydrogen (secondary N) is 1. The summed E-state index contributed by atoms with van der Waals surface area (Å²) >= 11 is 0. The first kappa shape index (κ1) is 27.2. The Hall–Kier alpha value is -3.86. The molecule has 0 spiro atoms. The van der Waals surface area contributed by atoms with Crippen molar-refractivity contribution < 1.29 is 9.84 Å². The molecule has 5 rings (SSSR count). The molecule has 0 saturated carbocycles. The minimum absolute atomic E-state index is 0.331. The number of nitriles is 1. The van der Waals surface area contributed by atoms with Gasteiger partial charge in [-0.1, -0.05) is 45.0 Å². The molecule has 0 unspecified atom stereocenters. The molecule has 2 aliphatic heterocycles. The first-order valence-corrected chi connectivity index (χ1v) is 13.3. The monoisotopic (exact) mass is 511 g/mol. The summed E-state index contributed by atoms with van der Waals surface area (Å²) in [4.78, 5) is 12.4. The summed E-state index contributed by atoms with van der Waals surface area (Å²) in [5.41, 5.74) is 8.28. The Morgan fingerprint density at radius 3 is 2.42 bits per heavy atom. The van der Waals surface area contributed by atoms with E-state index in [0.717, 1.165) is 65.8 Å². The summed E-state index contributed by atoms with van der Waals surface area (Å²) in [6, 6.07) is 18.8. The Bertz CT molecular complexity index is 1310. The third-order valence-corrected chi connectivity index (χ3v) is 6.64. The van der Waals surface area contributed by atoms with Crippen LogP contribution in [0.5, 0.6) is 0 Å². The Balaban J connectivity index is 0.00000107. The highest BCUT2D eigenvalue weighted by atomic mass is 16.5. The lowest BCUT2D eigenvalue weighted by Gasteiger charge is -2.38. The molecule has 0 amide bonds. The summed E-state index contributed by atoms with van der Waals surface area (Å²) in [7, 11) is 0. The molecule has 2 aromatic carbocycles. The molecule has 0 atom stereocenters. The number of aliphatic hydroxyl groups excluding tert-OH is 1. The molecule has 0 aliphatic carbocycles. The molecule has 198 valence electrons. The number of benzene rings is 2. The highest BCUT2D eigenvalue weighted by Gasteiger charge is 2.27. The first-order chi connectivity index (χ1) is 18.5. The fraction of sp³-hybridized carbons (Fsp3) is 0.355. The second-order valence-corrected chi connectivity index (χ2v) is 9.64. The molecular formula is C31H37N5O2. The van der Waals surface area contributed by atoms with Gasteiger partial charge in [0.05, 0.1) is 36.3 Å². The second-order valence-electron chi connectivity index (χ2n) is 9.64. The first-order valence-electron chi connectivity index (χ1n) is 13.3. The van der Waals surface area contributed by atoms with E-state index in [1.54, 1.807) is 0 Å². The van der Waals surface area contributed by atoms with Crippen LogP contribution in [0.4, 0.5) is 11.4 Å². The number of nitrogens with zero attached hydrogens (tertiary/aromatic N) is 4. The Morgan fingerprint density at radius 2 is 1.82 bits per heavy atom. The van der Waals surface area contributed by atoms with Crippen molar-refractivity contribution in [2.45, 2.75) is 33.3 Å². The maximum Gasteiger partial charge on any atom is 0.101 e. The van der Waals surface area contributed by atoms with Crippen molar-refractivity contribution in [3.8, 4) is 17.3 Å². The number of H-pyrrole nitrogens is 1. The third-order valence-electron chi connectivity index (χ3n) is 6.64. The van der Waals surface area contributed by atoms with E-state index in [0.29, 0.717) is 18.7 Å². The molecule has 0 bridgehead atoms. The SMILES string of the molecule is C=CN=C(c1ccc(N2CC(O)C2)c(C#N)c1)c1cc(-c2ccc(N3CCOCC3)cc2)[nH]c1C.CCC. The third kappa shape index (κ3) is 5.99. The standard InChI is InChI=1S/C28H29N5O2.C3H8/c1-3-30-28(21-6-9-27(22(14-21)16-29)33-17-24(34)18-33)25-15-26(31-19(25)2)20-4-7-23(8-5-20)32-10-12-35-13-11-32;1-3-2/h3-9,14-15,24,31,34H,1,10-13,17-18H2,2H3;3H2,1-2H3. The van der Waals surface area contributed by atoms with E-state index in [1.165, 1.54) is 18.3 Å². The Kier molecular flexibility index (Phi) is 9.01. The van der Waals surface area contributed by atoms with E-state index in [2.05, 4.69) is 71.7 Å². The summed E-state index contributed by atoms with van der Waals surface area (Å²) < 4.78 is 5.46. The van der Waals surface area contributed by atoms with Crippen molar-refractivity contribution in [1.82, 2.24) is 4.98 Å². The van der Waals surface area contributed by atoms with Crippen molar-refractivity contribution in [3.63, 3.8) is 0 Å². The maximum atomic E-state index is 9.77. The molecule has 2 aliphatic rings. The lowest BCUT2D eigenvalue weighted by Crippen LogP contribution is -2.51. The quantitative estimate of drug-likeness (QED) is 0.440. The summed E-state index contributed by atoms with van der Waals surface area (Å²) in [5, 5.41) is 19.4. The zero-order chi connectivity index (χ0) is 27.1. The van der Waals surface area contributed by atoms with E-state index >= 15 is 0 Å². The normalized spacial score (nSPS) is 15.8. The van der Waals surface area contributed by atoms with Crippen LogP contribution >= 0.6 is 0 Å². The molecule has 0 radical (unpaired) electrons. The fourth-order valence-corrected chi connectivity index (χ4v) is 4.72. The van der Waals surface area contributed by atoms with Crippen molar-refractivity contribution in [2.75, 3.05) is 49.2 Å². The minimum atomic E-state index is -0.331. The zero-order valence-electron chi connectivity index (χ0n) is 22.6. The van der Waals surface area contributed by atoms with E-state index in [1.807, 2.05) is 30.0 Å². The zero-order valence-corrected chi connectivity index (χ0v) is 22.6. The lowest BCUT2D eigenvalue weighted by atomic mass is 9.98. The van der Waals surface area contributed by atoms with Gasteiger partial charge in [0.15, 0.2) is 0 Å². The van der Waals surface area contributed by atoms with E-state index in [-0.39, 0.29) is 6.10 Å². The van der Waals surface area contributed by atoms with Gasteiger partial charge in [-0.15, -0.1) is 0 Å². The van der Waals surface area contributed by atoms with Gasteiger partial charge in [0.2, 0.25) is 0 Å². The summed E-state index contributed by atoms with van der Waals surface area (Å²) in [6.45, 7) is 14.5. The van der Waals surface area contributed by atoms with Gasteiger partial charge in [0.1, 0.15) is 6.07 Å². The van der Waals surface area contributed by atoms with Crippen molar-refractivity contribution in [3.05, 3.63) is 83.7 Å². The number of anilines is 2. The summed E-state index contributed by atoms with van der Waals surface area (Å²) in [6.07, 6.45) is 2.45. The van der Waals surface area contributed by atoms with Crippen LogP contribution in [0.2, 0.25) is 0 Å². The van der Waals surface area contributed by atoms with E-state index in [4.69, 9.17) is 4.74 Å². The average Bonchev–Trinajstić information content (AvgIpc) is 3.32. The number of rotatable bonds is 6. The lowest BCUT2D eigenvalue weighted by molar-refractivity contribution is 0.122. The van der Waals surface area contributed by atoms with Gasteiger partial charge >= 0.3 is 0 Å². The van der Waals surface area contributed by atoms with Crippen molar-refractivity contribution >= 4 is 17.1 Å². The van der Waals surface area contributed by atoms with Crippen LogP contribution in [0.15, 0.2) is 66.3 Å². The molecule has 3 aromatic rings. The molecule has 7 nitrogen and oxygen atoms in total. The number of aryl methyl sites for hydroxylation is 1. The van der Waals surface area contributed by atoms with Crippen LogP contribution < -0.4 is 9.80 Å². The van der Waals surface area contributed by atoms with Crippen molar-refractivity contribution in [2.24, 2.45) is 4.99 Å². The fourth-order valence-electron chi connectivity index (χ4n) is 4.72. The number of morpholine rings is 1. The number of aliphatic imine (C=N–C) groups is 1. The maximum absolute atomic E-state index is 9.77. The molecule has 38 heavy (non-hydrogen) atoms. The number of hydrogen-bond donors (Lipinski definition) is 2. The van der Waals surface area contributed by atoms with Gasteiger partial charge in [-0.3, -0.25) is 4.99 Å². The minimum Gasteiger partial charge on any atom is -0.389 e. The highest BCUT2D eigenvalue weighted by Crippen LogP contribution is 2.30. The van der Waals surface area contributed by atoms with Gasteiger partial charge in [-0.2, -0.15) is 5.26 Å². The number of aliphatic hydroxyl groups is 1. The highest BCUT2D eigenvalue weighted by molar-refractivity contribution is 6.14. The van der Waals surface area contributed by atoms with Gasteiger partial charge in [0.25, 0.3) is 0 Å². The molecule has 2 saturated heterocycles. The van der Waals surface area contributed by atoms with Crippen LogP contribution in [-0.4, -0.2) is 61.3 Å². The Labute approximate surface area is 225 Å². The van der Waals surface area contributed by atoms with E-state index in [9.17, 15) is 10.4 Å². The van der Waals surface area contributed by atoms with Gasteiger partial charge in [0, 0.05) is 60.6 Å². The number of aromatic nitrogens is 1. The molecule has 2 N–H and O–H groups in total. The second kappa shape index (κ2) is 12.6. The molecule has 2 fully saturated rings. The average molecular weight is 512 g/mol. The van der Waals surface area contributed by atoms with Crippen LogP contribution in [-0.2, 0) is 4.74 Å². The van der Waals surface area contributed by atoms with Crippen LogP contribution in [0.25, 0.3) is 11.3 Å². The topological polar surface area (TPSA) is 87.9 Å². The molecule has 3 heterocycles. The predicted octanol–water partition coefficient (Wildman–Crippen LogP) is 5.28. The van der Waals surface area contributed by atoms with Crippen LogP contribution in [0, 0.1) is 18.3 Å². The van der Waals surface area contributed by atoms with Crippen LogP contribution in [0.1, 0.15) is 42.7 Å².